The van der Waals surface area contributed by atoms with Gasteiger partial charge in [-0.1, -0.05) is 26.0 Å². The smallest absolute Gasteiger partial charge is 0.254 e. The van der Waals surface area contributed by atoms with E-state index < -0.39 is 23.8 Å². The Bertz CT molecular complexity index is 854. The van der Waals surface area contributed by atoms with E-state index in [0.29, 0.717) is 17.2 Å². The molecular weight excluding hydrogens is 332 g/mol. The molecule has 26 heavy (non-hydrogen) atoms. The quantitative estimate of drug-likeness (QED) is 0.676. The Labute approximate surface area is 152 Å². The van der Waals surface area contributed by atoms with Crippen molar-refractivity contribution in [2.75, 3.05) is 0 Å². The number of hydrogen-bond acceptors (Lipinski definition) is 3. The molecule has 1 aromatic carbocycles. The molecule has 0 aliphatic heterocycles. The van der Waals surface area contributed by atoms with Crippen LogP contribution in [-0.4, -0.2) is 28.3 Å². The maximum Gasteiger partial charge on any atom is 0.254 e. The van der Waals surface area contributed by atoms with Gasteiger partial charge >= 0.3 is 0 Å². The van der Waals surface area contributed by atoms with E-state index in [-0.39, 0.29) is 0 Å². The third kappa shape index (κ3) is 3.77. The topological polar surface area (TPSA) is 120 Å². The summed E-state index contributed by atoms with van der Waals surface area (Å²) < 4.78 is 1.95. The van der Waals surface area contributed by atoms with Crippen molar-refractivity contribution in [2.24, 2.45) is 11.5 Å². The Balaban J connectivity index is 2.42. The number of hydrogen-bond donors (Lipinski definition) is 3. The van der Waals surface area contributed by atoms with Crippen LogP contribution >= 0.6 is 0 Å². The van der Waals surface area contributed by atoms with Crippen LogP contribution < -0.4 is 16.8 Å². The van der Waals surface area contributed by atoms with Gasteiger partial charge in [-0.3, -0.25) is 14.4 Å². The van der Waals surface area contributed by atoms with Crippen LogP contribution in [0.25, 0.3) is 5.69 Å². The molecule has 7 heteroatoms. The second kappa shape index (κ2) is 7.43. The van der Waals surface area contributed by atoms with Crippen molar-refractivity contribution in [3.05, 3.63) is 52.8 Å². The fourth-order valence-corrected chi connectivity index (χ4v) is 2.90. The molecule has 0 saturated heterocycles. The van der Waals surface area contributed by atoms with Crippen molar-refractivity contribution in [3.8, 4) is 5.69 Å². The molecule has 138 valence electrons. The average Bonchev–Trinajstić information content (AvgIpc) is 2.86. The van der Waals surface area contributed by atoms with Gasteiger partial charge in [0.15, 0.2) is 6.04 Å². The van der Waals surface area contributed by atoms with Crippen molar-refractivity contribution in [2.45, 2.75) is 39.7 Å². The van der Waals surface area contributed by atoms with Gasteiger partial charge < -0.3 is 21.4 Å². The predicted molar refractivity (Wildman–Crippen MR) is 99.0 cm³/mol. The Morgan fingerprint density at radius 1 is 1.04 bits per heavy atom. The summed E-state index contributed by atoms with van der Waals surface area (Å²) in [5.41, 5.74) is 14.2. The number of nitrogens with zero attached hydrogens (tertiary/aromatic N) is 1. The molecule has 1 aromatic heterocycles. The van der Waals surface area contributed by atoms with E-state index in [1.54, 1.807) is 13.0 Å². The summed E-state index contributed by atoms with van der Waals surface area (Å²) in [5, 5.41) is 2.29. The zero-order valence-corrected chi connectivity index (χ0v) is 15.4. The van der Waals surface area contributed by atoms with Crippen LogP contribution in [0.15, 0.2) is 30.3 Å². The zero-order chi connectivity index (χ0) is 19.6. The van der Waals surface area contributed by atoms with Gasteiger partial charge in [0.2, 0.25) is 11.8 Å². The van der Waals surface area contributed by atoms with Gasteiger partial charge in [0.25, 0.3) is 5.91 Å². The molecule has 2 rings (SSSR count). The monoisotopic (exact) mass is 356 g/mol. The SMILES string of the molecule is Cc1cc(C(=O)NC(C(N)=O)C(N)=O)c(C)n1-c1cccc(C(C)C)c1. The van der Waals surface area contributed by atoms with E-state index in [2.05, 4.69) is 31.3 Å². The first-order chi connectivity index (χ1) is 12.1. The molecule has 5 N–H and O–H groups in total. The van der Waals surface area contributed by atoms with Crippen LogP contribution in [0.2, 0.25) is 0 Å². The normalized spacial score (nSPS) is 11.0. The number of nitrogens with one attached hydrogen (secondary N) is 1. The predicted octanol–water partition coefficient (Wildman–Crippen LogP) is 1.29. The number of nitrogens with two attached hydrogens (primary N) is 2. The number of aromatic nitrogens is 1. The lowest BCUT2D eigenvalue weighted by Crippen LogP contribution is -2.52. The van der Waals surface area contributed by atoms with Crippen LogP contribution in [0.3, 0.4) is 0 Å². The van der Waals surface area contributed by atoms with Gasteiger partial charge in [0, 0.05) is 17.1 Å². The van der Waals surface area contributed by atoms with Crippen LogP contribution in [0, 0.1) is 13.8 Å². The van der Waals surface area contributed by atoms with Crippen molar-refractivity contribution < 1.29 is 14.4 Å². The van der Waals surface area contributed by atoms with E-state index in [9.17, 15) is 14.4 Å². The summed E-state index contributed by atoms with van der Waals surface area (Å²) in [6, 6.07) is 8.21. The van der Waals surface area contributed by atoms with Gasteiger partial charge in [0.05, 0.1) is 5.56 Å². The molecule has 0 bridgehead atoms. The first-order valence-electron chi connectivity index (χ1n) is 8.32. The summed E-state index contributed by atoms with van der Waals surface area (Å²) in [6.07, 6.45) is 0. The van der Waals surface area contributed by atoms with Crippen molar-refractivity contribution >= 4 is 17.7 Å². The summed E-state index contributed by atoms with van der Waals surface area (Å²) >= 11 is 0. The molecule has 7 nitrogen and oxygen atoms in total. The summed E-state index contributed by atoms with van der Waals surface area (Å²) in [5.74, 6) is -2.19. The van der Waals surface area contributed by atoms with Crippen LogP contribution in [0.4, 0.5) is 0 Å². The highest BCUT2D eigenvalue weighted by molar-refractivity contribution is 6.08. The number of benzene rings is 1. The highest BCUT2D eigenvalue weighted by atomic mass is 16.2. The molecule has 0 aliphatic rings. The molecule has 1 heterocycles. The number of carbonyl (C=O) groups excluding carboxylic acids is 3. The highest BCUT2D eigenvalue weighted by Gasteiger charge is 2.26. The molecule has 0 atom stereocenters. The largest absolute Gasteiger partial charge is 0.367 e. The fraction of sp³-hybridized carbons (Fsp3) is 0.316. The standard InChI is InChI=1S/C19H24N4O3/c1-10(2)13-6-5-7-14(9-13)23-11(3)8-15(12(23)4)19(26)22-16(17(20)24)18(21)25/h5-10,16H,1-4H3,(H2,20,24)(H2,21,25)(H,22,26). The first kappa shape index (κ1) is 19.2. The lowest BCUT2D eigenvalue weighted by Gasteiger charge is -2.14. The minimum Gasteiger partial charge on any atom is -0.367 e. The van der Waals surface area contributed by atoms with Crippen LogP contribution in [0.1, 0.15) is 47.1 Å². The third-order valence-corrected chi connectivity index (χ3v) is 4.32. The lowest BCUT2D eigenvalue weighted by atomic mass is 10.0. The minimum absolute atomic E-state index is 0.352. The Hall–Kier alpha value is -3.09. The van der Waals surface area contributed by atoms with Crippen LogP contribution in [-0.2, 0) is 9.59 Å². The molecular formula is C19H24N4O3. The first-order valence-corrected chi connectivity index (χ1v) is 8.32. The number of amides is 3. The molecule has 3 amide bonds. The lowest BCUT2D eigenvalue weighted by molar-refractivity contribution is -0.128. The van der Waals surface area contributed by atoms with Gasteiger partial charge in [-0.25, -0.2) is 0 Å². The fourth-order valence-electron chi connectivity index (χ4n) is 2.90. The molecule has 0 saturated carbocycles. The number of carbonyl (C=O) groups is 3. The van der Waals surface area contributed by atoms with Crippen molar-refractivity contribution in [3.63, 3.8) is 0 Å². The van der Waals surface area contributed by atoms with Gasteiger partial charge in [0.1, 0.15) is 0 Å². The molecule has 0 fully saturated rings. The average molecular weight is 356 g/mol. The van der Waals surface area contributed by atoms with E-state index >= 15 is 0 Å². The third-order valence-electron chi connectivity index (χ3n) is 4.32. The molecule has 0 radical (unpaired) electrons. The molecule has 0 spiro atoms. The van der Waals surface area contributed by atoms with E-state index in [0.717, 1.165) is 11.4 Å². The Morgan fingerprint density at radius 2 is 1.65 bits per heavy atom. The zero-order valence-electron chi connectivity index (χ0n) is 15.4. The maximum absolute atomic E-state index is 12.5. The Morgan fingerprint density at radius 3 is 2.19 bits per heavy atom. The summed E-state index contributed by atoms with van der Waals surface area (Å²) in [4.78, 5) is 35.1. The molecule has 0 unspecified atom stereocenters. The maximum atomic E-state index is 12.5. The molecule has 0 aliphatic carbocycles. The van der Waals surface area contributed by atoms with Crippen LogP contribution in [0.5, 0.6) is 0 Å². The summed E-state index contributed by atoms with van der Waals surface area (Å²) in [6.45, 7) is 7.90. The second-order valence-electron chi connectivity index (χ2n) is 6.58. The minimum atomic E-state index is -1.55. The van der Waals surface area contributed by atoms with E-state index in [4.69, 9.17) is 11.5 Å². The Kier molecular flexibility index (Phi) is 5.50. The van der Waals surface area contributed by atoms with Gasteiger partial charge in [-0.2, -0.15) is 0 Å². The van der Waals surface area contributed by atoms with Crippen molar-refractivity contribution in [1.29, 1.82) is 0 Å². The number of rotatable bonds is 6. The number of aryl methyl sites for hydroxylation is 1. The van der Waals surface area contributed by atoms with Gasteiger partial charge in [-0.15, -0.1) is 0 Å². The second-order valence-corrected chi connectivity index (χ2v) is 6.58. The van der Waals surface area contributed by atoms with Gasteiger partial charge in [-0.05, 0) is 43.5 Å². The van der Waals surface area contributed by atoms with E-state index in [1.807, 2.05) is 23.6 Å². The molecule has 2 aromatic rings. The summed E-state index contributed by atoms with van der Waals surface area (Å²) in [7, 11) is 0. The number of primary amides is 2. The van der Waals surface area contributed by atoms with Crippen molar-refractivity contribution in [1.82, 2.24) is 9.88 Å². The highest BCUT2D eigenvalue weighted by Crippen LogP contribution is 2.24. The van der Waals surface area contributed by atoms with E-state index in [1.165, 1.54) is 5.56 Å².